The molecule has 1 rings (SSSR count). The van der Waals surface area contributed by atoms with Crippen molar-refractivity contribution in [2.24, 2.45) is 0 Å². The SMILES string of the molecule is COC(=O)C1C=C(C)CN1C(=O)O. The molecule has 5 nitrogen and oxygen atoms in total. The molecule has 0 saturated heterocycles. The van der Waals surface area contributed by atoms with E-state index in [1.165, 1.54) is 7.11 Å². The van der Waals surface area contributed by atoms with E-state index >= 15 is 0 Å². The van der Waals surface area contributed by atoms with Gasteiger partial charge in [0.1, 0.15) is 0 Å². The van der Waals surface area contributed by atoms with Crippen LogP contribution in [-0.4, -0.2) is 41.8 Å². The zero-order valence-electron chi connectivity index (χ0n) is 7.48. The fourth-order valence-corrected chi connectivity index (χ4v) is 1.28. The van der Waals surface area contributed by atoms with Gasteiger partial charge in [0.25, 0.3) is 0 Å². The summed E-state index contributed by atoms with van der Waals surface area (Å²) in [4.78, 5) is 22.8. The second kappa shape index (κ2) is 3.47. The molecule has 0 aromatic heterocycles. The molecule has 1 N–H and O–H groups in total. The Morgan fingerprint density at radius 1 is 1.69 bits per heavy atom. The van der Waals surface area contributed by atoms with E-state index < -0.39 is 18.1 Å². The van der Waals surface area contributed by atoms with Gasteiger partial charge in [-0.3, -0.25) is 4.90 Å². The highest BCUT2D eigenvalue weighted by Gasteiger charge is 2.33. The zero-order chi connectivity index (χ0) is 10.0. The fraction of sp³-hybridized carbons (Fsp3) is 0.500. The molecule has 0 saturated carbocycles. The summed E-state index contributed by atoms with van der Waals surface area (Å²) in [6.07, 6.45) is 0.489. The average molecular weight is 185 g/mol. The number of nitrogens with zero attached hydrogens (tertiary/aromatic N) is 1. The number of carbonyl (C=O) groups excluding carboxylic acids is 1. The smallest absolute Gasteiger partial charge is 0.408 e. The molecule has 0 aliphatic carbocycles. The lowest BCUT2D eigenvalue weighted by molar-refractivity contribution is -0.143. The molecule has 0 radical (unpaired) electrons. The van der Waals surface area contributed by atoms with Gasteiger partial charge in [0.15, 0.2) is 6.04 Å². The van der Waals surface area contributed by atoms with E-state index in [2.05, 4.69) is 4.74 Å². The Balaban J connectivity index is 2.80. The maximum absolute atomic E-state index is 11.1. The number of carbonyl (C=O) groups is 2. The maximum Gasteiger partial charge on any atom is 0.408 e. The standard InChI is InChI=1S/C8H11NO4/c1-5-3-6(7(10)13-2)9(4-5)8(11)12/h3,6H,4H2,1-2H3,(H,11,12). The van der Waals surface area contributed by atoms with Gasteiger partial charge < -0.3 is 9.84 Å². The molecule has 0 spiro atoms. The number of amides is 1. The number of ether oxygens (including phenoxy) is 1. The first-order valence-electron chi connectivity index (χ1n) is 3.81. The summed E-state index contributed by atoms with van der Waals surface area (Å²) in [5.74, 6) is -0.542. The number of carboxylic acid groups (broad SMARTS) is 1. The van der Waals surface area contributed by atoms with Gasteiger partial charge in [0.2, 0.25) is 0 Å². The van der Waals surface area contributed by atoms with Gasteiger partial charge in [-0.15, -0.1) is 0 Å². The molecule has 13 heavy (non-hydrogen) atoms. The number of rotatable bonds is 1. The molecular formula is C8H11NO4. The molecule has 0 fully saturated rings. The van der Waals surface area contributed by atoms with Crippen LogP contribution in [0, 0.1) is 0 Å². The molecule has 5 heteroatoms. The van der Waals surface area contributed by atoms with E-state index in [9.17, 15) is 9.59 Å². The Morgan fingerprint density at radius 3 is 2.77 bits per heavy atom. The van der Waals surface area contributed by atoms with Crippen molar-refractivity contribution in [3.8, 4) is 0 Å². The Bertz CT molecular complexity index is 271. The van der Waals surface area contributed by atoms with Gasteiger partial charge >= 0.3 is 12.1 Å². The van der Waals surface area contributed by atoms with Crippen molar-refractivity contribution >= 4 is 12.1 Å². The summed E-state index contributed by atoms with van der Waals surface area (Å²) in [7, 11) is 1.24. The van der Waals surface area contributed by atoms with Crippen molar-refractivity contribution in [1.29, 1.82) is 0 Å². The van der Waals surface area contributed by atoms with E-state index in [1.807, 2.05) is 0 Å². The van der Waals surface area contributed by atoms with Gasteiger partial charge in [-0.1, -0.05) is 11.6 Å². The summed E-state index contributed by atoms with van der Waals surface area (Å²) >= 11 is 0. The van der Waals surface area contributed by atoms with E-state index in [-0.39, 0.29) is 6.54 Å². The van der Waals surface area contributed by atoms with Crippen LogP contribution >= 0.6 is 0 Å². The third-order valence-corrected chi connectivity index (χ3v) is 1.89. The largest absolute Gasteiger partial charge is 0.467 e. The van der Waals surface area contributed by atoms with Crippen LogP contribution in [-0.2, 0) is 9.53 Å². The molecule has 1 heterocycles. The van der Waals surface area contributed by atoms with Crippen LogP contribution in [0.2, 0.25) is 0 Å². The molecule has 1 amide bonds. The minimum absolute atomic E-state index is 0.273. The third-order valence-electron chi connectivity index (χ3n) is 1.89. The number of methoxy groups -OCH3 is 1. The molecule has 1 unspecified atom stereocenters. The quantitative estimate of drug-likeness (QED) is 0.476. The first kappa shape index (κ1) is 9.57. The highest BCUT2D eigenvalue weighted by molar-refractivity contribution is 5.84. The van der Waals surface area contributed by atoms with Crippen LogP contribution in [0.1, 0.15) is 6.92 Å². The fourth-order valence-electron chi connectivity index (χ4n) is 1.28. The van der Waals surface area contributed by atoms with Crippen molar-refractivity contribution in [1.82, 2.24) is 4.90 Å². The molecule has 0 bridgehead atoms. The van der Waals surface area contributed by atoms with Gasteiger partial charge in [0.05, 0.1) is 7.11 Å². The van der Waals surface area contributed by atoms with Gasteiger partial charge in [0, 0.05) is 6.54 Å². The molecule has 0 aromatic carbocycles. The van der Waals surface area contributed by atoms with Crippen LogP contribution in [0.25, 0.3) is 0 Å². The second-order valence-corrected chi connectivity index (χ2v) is 2.89. The van der Waals surface area contributed by atoms with Crippen molar-refractivity contribution in [3.05, 3.63) is 11.6 Å². The van der Waals surface area contributed by atoms with E-state index in [0.29, 0.717) is 0 Å². The lowest BCUT2D eigenvalue weighted by atomic mass is 10.2. The Labute approximate surface area is 75.6 Å². The Kier molecular flexibility index (Phi) is 2.55. The van der Waals surface area contributed by atoms with Gasteiger partial charge in [-0.25, -0.2) is 9.59 Å². The maximum atomic E-state index is 11.1. The summed E-state index contributed by atoms with van der Waals surface area (Å²) in [5, 5.41) is 8.73. The summed E-state index contributed by atoms with van der Waals surface area (Å²) in [5.41, 5.74) is 0.859. The number of hydrogen-bond donors (Lipinski definition) is 1. The van der Waals surface area contributed by atoms with Crippen LogP contribution in [0.5, 0.6) is 0 Å². The third kappa shape index (κ3) is 1.80. The van der Waals surface area contributed by atoms with Crippen molar-refractivity contribution < 1.29 is 19.4 Å². The summed E-state index contributed by atoms with van der Waals surface area (Å²) < 4.78 is 4.47. The lowest BCUT2D eigenvalue weighted by Gasteiger charge is -2.18. The molecular weight excluding hydrogens is 174 g/mol. The number of hydrogen-bond acceptors (Lipinski definition) is 3. The van der Waals surface area contributed by atoms with Crippen molar-refractivity contribution in [2.75, 3.05) is 13.7 Å². The molecule has 1 aliphatic rings. The second-order valence-electron chi connectivity index (χ2n) is 2.89. The van der Waals surface area contributed by atoms with E-state index in [1.54, 1.807) is 13.0 Å². The summed E-state index contributed by atoms with van der Waals surface area (Å²) in [6, 6.07) is -0.775. The topological polar surface area (TPSA) is 66.8 Å². The number of esters is 1. The molecule has 0 aromatic rings. The molecule has 1 aliphatic heterocycles. The Morgan fingerprint density at radius 2 is 2.31 bits per heavy atom. The zero-order valence-corrected chi connectivity index (χ0v) is 7.48. The lowest BCUT2D eigenvalue weighted by Crippen LogP contribution is -2.40. The first-order chi connectivity index (χ1) is 6.06. The minimum Gasteiger partial charge on any atom is -0.467 e. The minimum atomic E-state index is -1.11. The van der Waals surface area contributed by atoms with Gasteiger partial charge in [-0.05, 0) is 6.92 Å². The van der Waals surface area contributed by atoms with Crippen LogP contribution in [0.4, 0.5) is 4.79 Å². The van der Waals surface area contributed by atoms with E-state index in [4.69, 9.17) is 5.11 Å². The van der Waals surface area contributed by atoms with Gasteiger partial charge in [-0.2, -0.15) is 0 Å². The molecule has 1 atom stereocenters. The monoisotopic (exact) mass is 185 g/mol. The average Bonchev–Trinajstić information content (AvgIpc) is 2.46. The van der Waals surface area contributed by atoms with Crippen LogP contribution in [0.3, 0.4) is 0 Å². The highest BCUT2D eigenvalue weighted by atomic mass is 16.5. The molecule has 72 valence electrons. The van der Waals surface area contributed by atoms with Crippen molar-refractivity contribution in [2.45, 2.75) is 13.0 Å². The normalized spacial score (nSPS) is 21.2. The predicted octanol–water partition coefficient (Wildman–Crippen LogP) is 0.468. The van der Waals surface area contributed by atoms with Crippen molar-refractivity contribution in [3.63, 3.8) is 0 Å². The van der Waals surface area contributed by atoms with Crippen LogP contribution < -0.4 is 0 Å². The van der Waals surface area contributed by atoms with Crippen LogP contribution in [0.15, 0.2) is 11.6 Å². The highest BCUT2D eigenvalue weighted by Crippen LogP contribution is 2.16. The first-order valence-corrected chi connectivity index (χ1v) is 3.81. The Hall–Kier alpha value is -1.52. The van der Waals surface area contributed by atoms with E-state index in [0.717, 1.165) is 10.5 Å². The predicted molar refractivity (Wildman–Crippen MR) is 44.3 cm³/mol. The summed E-state index contributed by atoms with van der Waals surface area (Å²) in [6.45, 7) is 2.05.